The molecule has 0 saturated heterocycles. The first-order valence-electron chi connectivity index (χ1n) is 19.3. The molecule has 15 nitrogen and oxygen atoms in total. The fourth-order valence-corrected chi connectivity index (χ4v) is 5.66. The molecule has 2 unspecified atom stereocenters. The van der Waals surface area contributed by atoms with Gasteiger partial charge in [0.05, 0.1) is 12.9 Å². The summed E-state index contributed by atoms with van der Waals surface area (Å²) < 4.78 is 50.5. The third-order valence-corrected chi connectivity index (χ3v) is 7.81. The Labute approximate surface area is 326 Å². The molecule has 0 spiro atoms. The summed E-state index contributed by atoms with van der Waals surface area (Å²) >= 11 is 0. The first kappa shape index (κ1) is 51.0. The Morgan fingerprint density at radius 3 is 1.22 bits per heavy atom. The molecule has 0 heterocycles. The van der Waals surface area contributed by atoms with Crippen LogP contribution in [0.1, 0.15) is 155 Å². The number of alkyl carbamates (subject to hydrolysis) is 2. The number of rotatable bonds is 20. The Morgan fingerprint density at radius 2 is 0.907 bits per heavy atom. The number of carbonyl (C=O) groups is 4. The fourth-order valence-electron chi connectivity index (χ4n) is 5.24. The standard InChI is InChI=1S/C38H74N4O11S/c1-16-22-29(39-31(43)50-35(3,4)5)41(33(45)52-37(9,10)11)26-28(24-20-18-19-21-25-49-54(15,47)48)27-42(34(46)53-38(12,13)14)30(23-17-2)40-32(44)51-36(6,7)8/h28-30H,16-27H2,1-15H3,(H,39,43)(H,40,44). The van der Waals surface area contributed by atoms with Crippen LogP contribution < -0.4 is 10.6 Å². The van der Waals surface area contributed by atoms with Gasteiger partial charge in [0.15, 0.2) is 0 Å². The lowest BCUT2D eigenvalue weighted by Gasteiger charge is -2.39. The van der Waals surface area contributed by atoms with Gasteiger partial charge >= 0.3 is 24.4 Å². The summed E-state index contributed by atoms with van der Waals surface area (Å²) in [6.45, 7) is 25.1. The number of amides is 4. The average molecular weight is 795 g/mol. The van der Waals surface area contributed by atoms with E-state index < -0.39 is 75.1 Å². The molecule has 0 aromatic carbocycles. The maximum atomic E-state index is 14.0. The van der Waals surface area contributed by atoms with Crippen molar-refractivity contribution in [3.05, 3.63) is 0 Å². The number of hydrogen-bond donors (Lipinski definition) is 2. The van der Waals surface area contributed by atoms with E-state index in [1.807, 2.05) is 13.8 Å². The van der Waals surface area contributed by atoms with Crippen molar-refractivity contribution in [1.82, 2.24) is 20.4 Å². The first-order valence-corrected chi connectivity index (χ1v) is 21.1. The van der Waals surface area contributed by atoms with Crippen LogP contribution in [0.3, 0.4) is 0 Å². The molecule has 0 radical (unpaired) electrons. The van der Waals surface area contributed by atoms with Gasteiger partial charge < -0.3 is 29.6 Å². The quantitative estimate of drug-likeness (QED) is 0.0524. The highest BCUT2D eigenvalue weighted by molar-refractivity contribution is 7.85. The van der Waals surface area contributed by atoms with E-state index in [4.69, 9.17) is 23.1 Å². The molecule has 318 valence electrons. The summed E-state index contributed by atoms with van der Waals surface area (Å²) in [6.07, 6.45) is 1.81. The molecule has 16 heteroatoms. The van der Waals surface area contributed by atoms with E-state index in [1.165, 1.54) is 9.80 Å². The maximum absolute atomic E-state index is 14.0. The topological polar surface area (TPSA) is 179 Å². The van der Waals surface area contributed by atoms with Crippen LogP contribution in [0, 0.1) is 5.92 Å². The van der Waals surface area contributed by atoms with Gasteiger partial charge in [0.2, 0.25) is 0 Å². The number of carbonyl (C=O) groups excluding carboxylic acids is 4. The molecule has 0 aliphatic heterocycles. The minimum atomic E-state index is -3.54. The van der Waals surface area contributed by atoms with E-state index in [1.54, 1.807) is 83.1 Å². The molecule has 0 bridgehead atoms. The van der Waals surface area contributed by atoms with Crippen molar-refractivity contribution in [2.24, 2.45) is 5.92 Å². The van der Waals surface area contributed by atoms with Gasteiger partial charge in [-0.05, 0) is 115 Å². The molecule has 0 aromatic heterocycles. The molecule has 0 saturated carbocycles. The van der Waals surface area contributed by atoms with Gasteiger partial charge in [-0.25, -0.2) is 19.2 Å². The third kappa shape index (κ3) is 25.9. The molecule has 4 amide bonds. The zero-order valence-electron chi connectivity index (χ0n) is 36.0. The SMILES string of the molecule is CCCC(NC(=O)OC(C)(C)C)N(CC(CCCCCCOS(C)(=O)=O)CN(C(=O)OC(C)(C)C)C(CCC)NC(=O)OC(C)(C)C)C(=O)OC(C)(C)C. The summed E-state index contributed by atoms with van der Waals surface area (Å²) in [4.78, 5) is 57.1. The zero-order chi connectivity index (χ0) is 42.1. The molecular formula is C38H74N4O11S. The highest BCUT2D eigenvalue weighted by Gasteiger charge is 2.36. The molecule has 0 rings (SSSR count). The van der Waals surface area contributed by atoms with Crippen molar-refractivity contribution in [2.75, 3.05) is 26.0 Å². The van der Waals surface area contributed by atoms with Gasteiger partial charge in [-0.2, -0.15) is 8.42 Å². The van der Waals surface area contributed by atoms with Crippen molar-refractivity contribution >= 4 is 34.5 Å². The van der Waals surface area contributed by atoms with E-state index in [9.17, 15) is 27.6 Å². The average Bonchev–Trinajstić information content (AvgIpc) is 2.92. The lowest BCUT2D eigenvalue weighted by Crippen LogP contribution is -2.57. The predicted molar refractivity (Wildman–Crippen MR) is 209 cm³/mol. The number of hydrogen-bond acceptors (Lipinski definition) is 11. The van der Waals surface area contributed by atoms with Crippen LogP contribution in [-0.2, 0) is 33.2 Å². The summed E-state index contributed by atoms with van der Waals surface area (Å²) in [5, 5.41) is 5.74. The van der Waals surface area contributed by atoms with E-state index >= 15 is 0 Å². The lowest BCUT2D eigenvalue weighted by molar-refractivity contribution is -0.00657. The first-order chi connectivity index (χ1) is 24.4. The van der Waals surface area contributed by atoms with Gasteiger partial charge in [0.1, 0.15) is 34.7 Å². The van der Waals surface area contributed by atoms with Crippen molar-refractivity contribution in [2.45, 2.75) is 189 Å². The Morgan fingerprint density at radius 1 is 0.556 bits per heavy atom. The summed E-state index contributed by atoms with van der Waals surface area (Å²) in [5.41, 5.74) is -3.27. The van der Waals surface area contributed by atoms with Gasteiger partial charge in [-0.1, -0.05) is 46.0 Å². The van der Waals surface area contributed by atoms with Gasteiger partial charge in [0, 0.05) is 13.1 Å². The minimum absolute atomic E-state index is 0.0666. The molecule has 0 aromatic rings. The van der Waals surface area contributed by atoms with Crippen molar-refractivity contribution in [1.29, 1.82) is 0 Å². The van der Waals surface area contributed by atoms with E-state index in [0.717, 1.165) is 6.26 Å². The second kappa shape index (κ2) is 22.5. The van der Waals surface area contributed by atoms with Crippen LogP contribution >= 0.6 is 0 Å². The maximum Gasteiger partial charge on any atom is 0.411 e. The van der Waals surface area contributed by atoms with Crippen molar-refractivity contribution < 1.29 is 50.7 Å². The molecule has 0 aliphatic rings. The summed E-state index contributed by atoms with van der Waals surface area (Å²) in [7, 11) is -3.54. The number of nitrogens with one attached hydrogen (secondary N) is 2. The van der Waals surface area contributed by atoms with Crippen LogP contribution in [0.4, 0.5) is 19.2 Å². The molecule has 0 aliphatic carbocycles. The predicted octanol–water partition coefficient (Wildman–Crippen LogP) is 8.31. The Balaban J connectivity index is 6.99. The van der Waals surface area contributed by atoms with Crippen molar-refractivity contribution in [3.63, 3.8) is 0 Å². The lowest BCUT2D eigenvalue weighted by atomic mass is 9.98. The molecule has 0 fully saturated rings. The van der Waals surface area contributed by atoms with Crippen LogP contribution in [0.15, 0.2) is 0 Å². The molecule has 2 N–H and O–H groups in total. The largest absolute Gasteiger partial charge is 0.444 e. The Bertz CT molecular complexity index is 1190. The number of ether oxygens (including phenoxy) is 4. The van der Waals surface area contributed by atoms with Gasteiger partial charge in [-0.3, -0.25) is 14.0 Å². The van der Waals surface area contributed by atoms with E-state index in [0.29, 0.717) is 57.8 Å². The monoisotopic (exact) mass is 795 g/mol. The summed E-state index contributed by atoms with van der Waals surface area (Å²) in [5.74, 6) is -0.406. The van der Waals surface area contributed by atoms with E-state index in [-0.39, 0.29) is 19.7 Å². The van der Waals surface area contributed by atoms with Gasteiger partial charge in [-0.15, -0.1) is 0 Å². The van der Waals surface area contributed by atoms with Crippen LogP contribution in [0.5, 0.6) is 0 Å². The van der Waals surface area contributed by atoms with Crippen LogP contribution in [0.25, 0.3) is 0 Å². The molecule has 2 atom stereocenters. The number of nitrogens with zero attached hydrogens (tertiary/aromatic N) is 2. The fraction of sp³-hybridized carbons (Fsp3) is 0.895. The normalized spacial score (nSPS) is 14.3. The number of unbranched alkanes of at least 4 members (excludes halogenated alkanes) is 3. The second-order valence-corrected chi connectivity index (χ2v) is 19.4. The van der Waals surface area contributed by atoms with Gasteiger partial charge in [0.25, 0.3) is 10.1 Å². The molecular weight excluding hydrogens is 721 g/mol. The van der Waals surface area contributed by atoms with Crippen LogP contribution in [0.2, 0.25) is 0 Å². The molecule has 54 heavy (non-hydrogen) atoms. The van der Waals surface area contributed by atoms with E-state index in [2.05, 4.69) is 10.6 Å². The smallest absolute Gasteiger partial charge is 0.411 e. The third-order valence-electron chi connectivity index (χ3n) is 7.21. The highest BCUT2D eigenvalue weighted by Crippen LogP contribution is 2.24. The summed E-state index contributed by atoms with van der Waals surface area (Å²) in [6, 6.07) is 0. The minimum Gasteiger partial charge on any atom is -0.444 e. The Hall–Kier alpha value is -3.01. The zero-order valence-corrected chi connectivity index (χ0v) is 36.8. The van der Waals surface area contributed by atoms with Crippen LogP contribution in [-0.4, -0.2) is 103 Å². The van der Waals surface area contributed by atoms with Crippen molar-refractivity contribution in [3.8, 4) is 0 Å². The Kier molecular flexibility index (Phi) is 21.3. The second-order valence-electron chi connectivity index (χ2n) is 17.8. The highest BCUT2D eigenvalue weighted by atomic mass is 32.2.